The van der Waals surface area contributed by atoms with Gasteiger partial charge in [0.25, 0.3) is 5.89 Å². The summed E-state index contributed by atoms with van der Waals surface area (Å²) in [6.45, 7) is 5.93. The molecule has 0 fully saturated rings. The number of benzene rings is 1. The van der Waals surface area contributed by atoms with E-state index >= 15 is 0 Å². The summed E-state index contributed by atoms with van der Waals surface area (Å²) < 4.78 is 5.51. The van der Waals surface area contributed by atoms with E-state index in [-0.39, 0.29) is 0 Å². The Morgan fingerprint density at radius 2 is 1.88 bits per heavy atom. The van der Waals surface area contributed by atoms with Crippen LogP contribution in [0.25, 0.3) is 28.5 Å². The Morgan fingerprint density at radius 3 is 2.48 bits per heavy atom. The number of aromatic nitrogens is 4. The molecule has 1 aromatic carbocycles. The maximum absolute atomic E-state index is 5.51. The number of hydrogen-bond acceptors (Lipinski definition) is 7. The lowest BCUT2D eigenvalue weighted by Crippen LogP contribution is -2.08. The molecule has 128 valence electrons. The summed E-state index contributed by atoms with van der Waals surface area (Å²) in [5.74, 6) is 0.341. The van der Waals surface area contributed by atoms with Gasteiger partial charge >= 0.3 is 6.01 Å². The van der Waals surface area contributed by atoms with Crippen LogP contribution in [-0.4, -0.2) is 46.2 Å². The highest BCUT2D eigenvalue weighted by Gasteiger charge is 2.14. The van der Waals surface area contributed by atoms with Crippen molar-refractivity contribution >= 4 is 11.7 Å². The van der Waals surface area contributed by atoms with Crippen molar-refractivity contribution in [3.05, 3.63) is 48.3 Å². The Labute approximate surface area is 146 Å². The van der Waals surface area contributed by atoms with Crippen molar-refractivity contribution < 1.29 is 4.42 Å². The van der Waals surface area contributed by atoms with E-state index in [0.717, 1.165) is 28.2 Å². The molecule has 0 spiro atoms. The first-order valence-electron chi connectivity index (χ1n) is 7.82. The third-order valence-corrected chi connectivity index (χ3v) is 3.85. The summed E-state index contributed by atoms with van der Waals surface area (Å²) in [7, 11) is 5.66. The van der Waals surface area contributed by atoms with Crippen LogP contribution in [0, 0.1) is 6.92 Å². The maximum Gasteiger partial charge on any atom is 0.315 e. The predicted octanol–water partition coefficient (Wildman–Crippen LogP) is 3.08. The van der Waals surface area contributed by atoms with Crippen molar-refractivity contribution in [1.29, 1.82) is 0 Å². The lowest BCUT2D eigenvalue weighted by Gasteiger charge is -2.16. The van der Waals surface area contributed by atoms with Crippen molar-refractivity contribution in [2.24, 2.45) is 0 Å². The average molecular weight is 336 g/mol. The van der Waals surface area contributed by atoms with E-state index in [0.29, 0.717) is 17.6 Å². The lowest BCUT2D eigenvalue weighted by atomic mass is 10.1. The standard InChI is InChI=1S/C18H20N6O/c1-11-16(17-22-23-18(19-3)25-17)21-15(10-20-11)14-8-6-13(7-9-14)12(2)24(4)5/h6-10H,2H2,1,3-5H3,(H,19,23). The topological polar surface area (TPSA) is 80.0 Å². The van der Waals surface area contributed by atoms with Gasteiger partial charge in [0, 0.05) is 32.4 Å². The van der Waals surface area contributed by atoms with Gasteiger partial charge in [0.05, 0.1) is 17.6 Å². The molecule has 3 aromatic rings. The molecule has 3 rings (SSSR count). The summed E-state index contributed by atoms with van der Waals surface area (Å²) in [4.78, 5) is 11.0. The van der Waals surface area contributed by atoms with E-state index in [1.807, 2.05) is 50.2 Å². The molecule has 0 aliphatic carbocycles. The molecule has 7 heteroatoms. The number of nitrogens with one attached hydrogen (secondary N) is 1. The van der Waals surface area contributed by atoms with Gasteiger partial charge in [-0.25, -0.2) is 4.98 Å². The van der Waals surface area contributed by atoms with Crippen LogP contribution in [0.1, 0.15) is 11.3 Å². The summed E-state index contributed by atoms with van der Waals surface area (Å²) in [5, 5.41) is 10.7. The van der Waals surface area contributed by atoms with Gasteiger partial charge < -0.3 is 14.6 Å². The molecule has 0 radical (unpaired) electrons. The molecule has 0 bridgehead atoms. The van der Waals surface area contributed by atoms with Gasteiger partial charge in [-0.1, -0.05) is 35.9 Å². The van der Waals surface area contributed by atoms with Crippen LogP contribution in [0.4, 0.5) is 6.01 Å². The Bertz CT molecular complexity index is 898. The van der Waals surface area contributed by atoms with Crippen LogP contribution in [0.3, 0.4) is 0 Å². The molecule has 0 aliphatic rings. The molecule has 2 aromatic heterocycles. The maximum atomic E-state index is 5.51. The molecular weight excluding hydrogens is 316 g/mol. The Balaban J connectivity index is 1.95. The second-order valence-corrected chi connectivity index (χ2v) is 5.77. The summed E-state index contributed by atoms with van der Waals surface area (Å²) in [5.41, 5.74) is 5.02. The minimum Gasteiger partial charge on any atom is -0.402 e. The number of rotatable bonds is 5. The molecule has 0 amide bonds. The van der Waals surface area contributed by atoms with Gasteiger partial charge in [0.1, 0.15) is 5.69 Å². The van der Waals surface area contributed by atoms with Gasteiger partial charge in [-0.05, 0) is 12.5 Å². The van der Waals surface area contributed by atoms with Crippen LogP contribution in [-0.2, 0) is 0 Å². The summed E-state index contributed by atoms with van der Waals surface area (Å²) >= 11 is 0. The van der Waals surface area contributed by atoms with E-state index in [9.17, 15) is 0 Å². The van der Waals surface area contributed by atoms with Crippen molar-refractivity contribution in [2.45, 2.75) is 6.92 Å². The molecule has 1 N–H and O–H groups in total. The Morgan fingerprint density at radius 1 is 1.16 bits per heavy atom. The smallest absolute Gasteiger partial charge is 0.315 e. The summed E-state index contributed by atoms with van der Waals surface area (Å²) in [6.07, 6.45) is 1.74. The highest BCUT2D eigenvalue weighted by molar-refractivity contribution is 5.67. The SMILES string of the molecule is C=C(c1ccc(-c2cnc(C)c(-c3nnc(NC)o3)n2)cc1)N(C)C. The van der Waals surface area contributed by atoms with Gasteiger partial charge in [-0.2, -0.15) is 0 Å². The van der Waals surface area contributed by atoms with Crippen LogP contribution < -0.4 is 5.32 Å². The Hall–Kier alpha value is -3.22. The van der Waals surface area contributed by atoms with Crippen molar-refractivity contribution in [2.75, 3.05) is 26.5 Å². The normalized spacial score (nSPS) is 10.6. The zero-order valence-electron chi connectivity index (χ0n) is 14.7. The van der Waals surface area contributed by atoms with Crippen molar-refractivity contribution in [1.82, 2.24) is 25.1 Å². The van der Waals surface area contributed by atoms with Crippen LogP contribution in [0.15, 0.2) is 41.5 Å². The molecule has 0 unspecified atom stereocenters. The monoisotopic (exact) mass is 336 g/mol. The molecule has 0 saturated carbocycles. The largest absolute Gasteiger partial charge is 0.402 e. The number of hydrogen-bond donors (Lipinski definition) is 1. The lowest BCUT2D eigenvalue weighted by molar-refractivity contribution is 0.582. The fourth-order valence-corrected chi connectivity index (χ4v) is 2.30. The molecule has 25 heavy (non-hydrogen) atoms. The Kier molecular flexibility index (Phi) is 4.47. The number of nitrogens with zero attached hydrogens (tertiary/aromatic N) is 5. The quantitative estimate of drug-likeness (QED) is 0.767. The second-order valence-electron chi connectivity index (χ2n) is 5.77. The van der Waals surface area contributed by atoms with Crippen LogP contribution in [0.2, 0.25) is 0 Å². The highest BCUT2D eigenvalue weighted by atomic mass is 16.4. The van der Waals surface area contributed by atoms with E-state index in [4.69, 9.17) is 4.42 Å². The van der Waals surface area contributed by atoms with E-state index in [1.54, 1.807) is 13.2 Å². The zero-order valence-corrected chi connectivity index (χ0v) is 14.7. The second kappa shape index (κ2) is 6.72. The van der Waals surface area contributed by atoms with Crippen molar-refractivity contribution in [3.8, 4) is 22.8 Å². The minimum absolute atomic E-state index is 0.341. The highest BCUT2D eigenvalue weighted by Crippen LogP contribution is 2.25. The van der Waals surface area contributed by atoms with E-state index in [1.165, 1.54) is 0 Å². The molecule has 2 heterocycles. The van der Waals surface area contributed by atoms with Gasteiger partial charge in [0.15, 0.2) is 0 Å². The fraction of sp³-hybridized carbons (Fsp3) is 0.222. The number of anilines is 1. The molecule has 0 saturated heterocycles. The molecule has 7 nitrogen and oxygen atoms in total. The minimum atomic E-state index is 0.341. The summed E-state index contributed by atoms with van der Waals surface area (Å²) in [6, 6.07) is 8.38. The predicted molar refractivity (Wildman–Crippen MR) is 97.8 cm³/mol. The van der Waals surface area contributed by atoms with Gasteiger partial charge in [-0.15, -0.1) is 5.10 Å². The molecule has 0 aliphatic heterocycles. The first-order chi connectivity index (χ1) is 12.0. The zero-order chi connectivity index (χ0) is 18.0. The first-order valence-corrected chi connectivity index (χ1v) is 7.82. The van der Waals surface area contributed by atoms with Crippen LogP contribution >= 0.6 is 0 Å². The van der Waals surface area contributed by atoms with Crippen LogP contribution in [0.5, 0.6) is 0 Å². The first kappa shape index (κ1) is 16.6. The van der Waals surface area contributed by atoms with E-state index in [2.05, 4.69) is 32.1 Å². The third kappa shape index (κ3) is 3.35. The van der Waals surface area contributed by atoms with Gasteiger partial charge in [-0.3, -0.25) is 4.98 Å². The molecular formula is C18H20N6O. The third-order valence-electron chi connectivity index (χ3n) is 3.85. The average Bonchev–Trinajstić information content (AvgIpc) is 3.10. The fourth-order valence-electron chi connectivity index (χ4n) is 2.30. The van der Waals surface area contributed by atoms with E-state index < -0.39 is 0 Å². The van der Waals surface area contributed by atoms with Gasteiger partial charge in [0.2, 0.25) is 0 Å². The molecule has 0 atom stereocenters. The number of aryl methyl sites for hydroxylation is 1. The van der Waals surface area contributed by atoms with Crippen molar-refractivity contribution in [3.63, 3.8) is 0 Å².